The molecule has 1 aromatic carbocycles. The summed E-state index contributed by atoms with van der Waals surface area (Å²) in [6.07, 6.45) is 3.73. The average molecular weight is 414 g/mol. The Morgan fingerprint density at radius 3 is 2.74 bits per heavy atom. The standard InChI is InChI=1S/C17H23N3O5S2/c21-17(13-8-10-26(22,23)12-13)19-14-5-4-6-15(11-14)27(24,25)20-16-7-2-1-3-9-18-16/h4-6,11,13H,1-3,7-10,12H2,(H,18,20)(H,19,21)/t13-/m1/s1. The number of amidine groups is 1. The number of benzene rings is 1. The van der Waals surface area contributed by atoms with Gasteiger partial charge in [-0.25, -0.2) is 16.8 Å². The third-order valence-corrected chi connectivity index (χ3v) is 7.79. The van der Waals surface area contributed by atoms with E-state index in [1.54, 1.807) is 6.07 Å². The molecule has 0 unspecified atom stereocenters. The van der Waals surface area contributed by atoms with Crippen LogP contribution in [0, 0.1) is 5.92 Å². The van der Waals surface area contributed by atoms with Gasteiger partial charge in [0.1, 0.15) is 5.84 Å². The molecule has 10 heteroatoms. The molecule has 8 nitrogen and oxygen atoms in total. The zero-order chi connectivity index (χ0) is 19.5. The van der Waals surface area contributed by atoms with E-state index in [0.717, 1.165) is 19.3 Å². The number of amides is 1. The fraction of sp³-hybridized carbons (Fsp3) is 0.529. The zero-order valence-electron chi connectivity index (χ0n) is 14.8. The molecule has 0 aromatic heterocycles. The summed E-state index contributed by atoms with van der Waals surface area (Å²) in [6.45, 7) is 0.609. The van der Waals surface area contributed by atoms with Crippen molar-refractivity contribution in [3.05, 3.63) is 24.3 Å². The molecule has 1 saturated heterocycles. The minimum absolute atomic E-state index is 0.00549. The number of sulfonamides is 1. The summed E-state index contributed by atoms with van der Waals surface area (Å²) in [5, 5.41) is 2.62. The van der Waals surface area contributed by atoms with Gasteiger partial charge in [0, 0.05) is 18.7 Å². The molecular weight excluding hydrogens is 390 g/mol. The van der Waals surface area contributed by atoms with E-state index in [4.69, 9.17) is 0 Å². The Labute approximate surface area is 159 Å². The van der Waals surface area contributed by atoms with Crippen molar-refractivity contribution in [2.45, 2.75) is 37.0 Å². The lowest BCUT2D eigenvalue weighted by molar-refractivity contribution is -0.119. The smallest absolute Gasteiger partial charge is 0.262 e. The molecule has 0 bridgehead atoms. The van der Waals surface area contributed by atoms with Crippen LogP contribution in [0.25, 0.3) is 0 Å². The summed E-state index contributed by atoms with van der Waals surface area (Å²) in [7, 11) is -6.96. The number of nitrogens with zero attached hydrogens (tertiary/aromatic N) is 1. The lowest BCUT2D eigenvalue weighted by Crippen LogP contribution is -2.30. The van der Waals surface area contributed by atoms with Gasteiger partial charge >= 0.3 is 0 Å². The van der Waals surface area contributed by atoms with E-state index in [1.165, 1.54) is 18.2 Å². The van der Waals surface area contributed by atoms with Crippen molar-refractivity contribution in [3.8, 4) is 0 Å². The molecule has 27 heavy (non-hydrogen) atoms. The molecule has 1 amide bonds. The van der Waals surface area contributed by atoms with E-state index in [2.05, 4.69) is 15.0 Å². The molecule has 0 aliphatic carbocycles. The Balaban J connectivity index is 1.71. The summed E-state index contributed by atoms with van der Waals surface area (Å²) in [6, 6.07) is 5.91. The first kappa shape index (κ1) is 19.8. The fourth-order valence-corrected chi connectivity index (χ4v) is 6.03. The molecule has 148 valence electrons. The van der Waals surface area contributed by atoms with Gasteiger partial charge in [-0.1, -0.05) is 12.5 Å². The second-order valence-corrected chi connectivity index (χ2v) is 10.8. The molecule has 0 radical (unpaired) electrons. The first-order valence-electron chi connectivity index (χ1n) is 8.93. The number of carbonyl (C=O) groups is 1. The highest BCUT2D eigenvalue weighted by Gasteiger charge is 2.33. The molecule has 2 aliphatic heterocycles. The van der Waals surface area contributed by atoms with Gasteiger partial charge in [0.15, 0.2) is 9.84 Å². The maximum absolute atomic E-state index is 12.6. The Morgan fingerprint density at radius 2 is 2.00 bits per heavy atom. The molecule has 1 fully saturated rings. The van der Waals surface area contributed by atoms with E-state index in [9.17, 15) is 21.6 Å². The van der Waals surface area contributed by atoms with Gasteiger partial charge in [0.2, 0.25) is 5.91 Å². The topological polar surface area (TPSA) is 122 Å². The molecule has 2 aliphatic rings. The number of carbonyl (C=O) groups excluding carboxylic acids is 1. The number of anilines is 1. The Bertz CT molecular complexity index is 955. The molecule has 3 rings (SSSR count). The monoisotopic (exact) mass is 413 g/mol. The lowest BCUT2D eigenvalue weighted by atomic mass is 10.1. The molecule has 1 atom stereocenters. The first-order valence-corrected chi connectivity index (χ1v) is 12.2. The predicted octanol–water partition coefficient (Wildman–Crippen LogP) is 1.31. The number of rotatable bonds is 4. The molecule has 1 aromatic rings. The molecule has 0 spiro atoms. The Hall–Kier alpha value is -1.94. The zero-order valence-corrected chi connectivity index (χ0v) is 16.5. The summed E-state index contributed by atoms with van der Waals surface area (Å²) >= 11 is 0. The van der Waals surface area contributed by atoms with Crippen LogP contribution >= 0.6 is 0 Å². The highest BCUT2D eigenvalue weighted by molar-refractivity contribution is 7.91. The van der Waals surface area contributed by atoms with Crippen LogP contribution in [0.4, 0.5) is 5.69 Å². The average Bonchev–Trinajstić information content (AvgIpc) is 2.80. The highest BCUT2D eigenvalue weighted by atomic mass is 32.2. The SMILES string of the molecule is O=C(Nc1cccc(S(=O)(=O)NC2=NCCCCC2)c1)[C@@H]1CCS(=O)(=O)C1. The lowest BCUT2D eigenvalue weighted by Gasteiger charge is -2.12. The van der Waals surface area contributed by atoms with E-state index in [1.807, 2.05) is 0 Å². The summed E-state index contributed by atoms with van der Waals surface area (Å²) in [4.78, 5) is 16.5. The summed E-state index contributed by atoms with van der Waals surface area (Å²) in [5.74, 6) is -0.720. The molecular formula is C17H23N3O5S2. The largest absolute Gasteiger partial charge is 0.326 e. The minimum Gasteiger partial charge on any atom is -0.326 e. The summed E-state index contributed by atoms with van der Waals surface area (Å²) < 4.78 is 50.8. The van der Waals surface area contributed by atoms with E-state index in [0.29, 0.717) is 24.5 Å². The van der Waals surface area contributed by atoms with Gasteiger partial charge in [-0.2, -0.15) is 0 Å². The van der Waals surface area contributed by atoms with Crippen molar-refractivity contribution in [2.24, 2.45) is 10.9 Å². The van der Waals surface area contributed by atoms with Crippen LogP contribution in [0.1, 0.15) is 32.1 Å². The first-order chi connectivity index (χ1) is 12.8. The second-order valence-electron chi connectivity index (χ2n) is 6.86. The van der Waals surface area contributed by atoms with Gasteiger partial charge in [-0.15, -0.1) is 0 Å². The van der Waals surface area contributed by atoms with Crippen molar-refractivity contribution < 1.29 is 21.6 Å². The quantitative estimate of drug-likeness (QED) is 0.771. The second kappa shape index (κ2) is 7.97. The van der Waals surface area contributed by atoms with Crippen molar-refractivity contribution in [1.82, 2.24) is 4.72 Å². The molecule has 2 heterocycles. The molecule has 2 N–H and O–H groups in total. The maximum Gasteiger partial charge on any atom is 0.262 e. The van der Waals surface area contributed by atoms with Gasteiger partial charge in [-0.05, 0) is 37.5 Å². The van der Waals surface area contributed by atoms with Crippen LogP contribution < -0.4 is 10.0 Å². The van der Waals surface area contributed by atoms with Crippen molar-refractivity contribution in [3.63, 3.8) is 0 Å². The number of sulfone groups is 1. The van der Waals surface area contributed by atoms with Crippen molar-refractivity contribution in [2.75, 3.05) is 23.4 Å². The predicted molar refractivity (Wildman–Crippen MR) is 103 cm³/mol. The Kier molecular flexibility index (Phi) is 5.85. The van der Waals surface area contributed by atoms with E-state index >= 15 is 0 Å². The van der Waals surface area contributed by atoms with E-state index < -0.39 is 31.7 Å². The van der Waals surface area contributed by atoms with Crippen LogP contribution in [-0.2, 0) is 24.7 Å². The fourth-order valence-electron chi connectivity index (χ4n) is 3.16. The van der Waals surface area contributed by atoms with Gasteiger partial charge in [0.05, 0.1) is 22.3 Å². The van der Waals surface area contributed by atoms with Crippen LogP contribution in [0.15, 0.2) is 34.2 Å². The molecule has 0 saturated carbocycles. The van der Waals surface area contributed by atoms with Crippen molar-refractivity contribution >= 4 is 37.3 Å². The maximum atomic E-state index is 12.6. The third kappa shape index (κ3) is 5.29. The van der Waals surface area contributed by atoms with Crippen LogP contribution in [-0.4, -0.2) is 46.6 Å². The van der Waals surface area contributed by atoms with E-state index in [-0.39, 0.29) is 22.8 Å². The number of nitrogens with one attached hydrogen (secondary N) is 2. The van der Waals surface area contributed by atoms with Crippen LogP contribution in [0.5, 0.6) is 0 Å². The highest BCUT2D eigenvalue weighted by Crippen LogP contribution is 2.22. The number of hydrogen-bond acceptors (Lipinski definition) is 6. The third-order valence-electron chi connectivity index (χ3n) is 4.64. The van der Waals surface area contributed by atoms with Crippen LogP contribution in [0.3, 0.4) is 0 Å². The van der Waals surface area contributed by atoms with Gasteiger partial charge in [0.25, 0.3) is 10.0 Å². The minimum atomic E-state index is -3.80. The number of aliphatic imine (C=N–C) groups is 1. The normalized spacial score (nSPS) is 22.5. The van der Waals surface area contributed by atoms with Gasteiger partial charge in [-0.3, -0.25) is 14.5 Å². The number of hydrogen-bond donors (Lipinski definition) is 2. The van der Waals surface area contributed by atoms with Crippen molar-refractivity contribution in [1.29, 1.82) is 0 Å². The Morgan fingerprint density at radius 1 is 1.19 bits per heavy atom. The van der Waals surface area contributed by atoms with Gasteiger partial charge < -0.3 is 5.32 Å². The summed E-state index contributed by atoms with van der Waals surface area (Å²) in [5.41, 5.74) is 0.315. The van der Waals surface area contributed by atoms with Crippen LogP contribution in [0.2, 0.25) is 0 Å².